The average Bonchev–Trinajstić information content (AvgIpc) is 2.14. The van der Waals surface area contributed by atoms with Gasteiger partial charge in [0, 0.05) is 11.4 Å². The molecule has 0 aliphatic carbocycles. The fourth-order valence-electron chi connectivity index (χ4n) is 1.47. The summed E-state index contributed by atoms with van der Waals surface area (Å²) in [5, 5.41) is 10.1. The molecule has 0 radical (unpaired) electrons. The summed E-state index contributed by atoms with van der Waals surface area (Å²) in [6, 6.07) is 5.79. The van der Waals surface area contributed by atoms with Crippen molar-refractivity contribution < 1.29 is 5.11 Å². The molecule has 0 saturated carbocycles. The van der Waals surface area contributed by atoms with Crippen LogP contribution in [0.25, 0.3) is 6.08 Å². The first-order chi connectivity index (χ1) is 6.96. The average molecular weight is 225 g/mol. The molecule has 0 fully saturated rings. The maximum atomic E-state index is 10.1. The Kier molecular flexibility index (Phi) is 3.81. The van der Waals surface area contributed by atoms with Crippen molar-refractivity contribution in [2.24, 2.45) is 0 Å². The van der Waals surface area contributed by atoms with Crippen LogP contribution >= 0.6 is 11.6 Å². The van der Waals surface area contributed by atoms with Crippen molar-refractivity contribution in [2.75, 3.05) is 5.88 Å². The van der Waals surface area contributed by atoms with Gasteiger partial charge in [0.05, 0.1) is 0 Å². The van der Waals surface area contributed by atoms with E-state index in [9.17, 15) is 5.11 Å². The Balaban J connectivity index is 3.17. The van der Waals surface area contributed by atoms with Crippen LogP contribution in [-0.4, -0.2) is 11.0 Å². The lowest BCUT2D eigenvalue weighted by Gasteiger charge is -2.21. The van der Waals surface area contributed by atoms with Crippen molar-refractivity contribution in [3.8, 4) is 5.75 Å². The Morgan fingerprint density at radius 3 is 2.53 bits per heavy atom. The van der Waals surface area contributed by atoms with Gasteiger partial charge in [-0.15, -0.1) is 11.6 Å². The quantitative estimate of drug-likeness (QED) is 0.755. The first kappa shape index (κ1) is 12.1. The van der Waals surface area contributed by atoms with Crippen molar-refractivity contribution >= 4 is 17.7 Å². The summed E-state index contributed by atoms with van der Waals surface area (Å²) in [4.78, 5) is 0. The van der Waals surface area contributed by atoms with Crippen LogP contribution in [0.5, 0.6) is 5.75 Å². The highest BCUT2D eigenvalue weighted by molar-refractivity contribution is 6.19. The largest absolute Gasteiger partial charge is 0.507 e. The third kappa shape index (κ3) is 3.00. The number of hydrogen-bond donors (Lipinski definition) is 1. The molecule has 1 aromatic carbocycles. The first-order valence-corrected chi connectivity index (χ1v) is 5.55. The first-order valence-electron chi connectivity index (χ1n) is 5.02. The lowest BCUT2D eigenvalue weighted by molar-refractivity contribution is 0.445. The van der Waals surface area contributed by atoms with Gasteiger partial charge in [0.1, 0.15) is 5.75 Å². The molecule has 0 bridgehead atoms. The summed E-state index contributed by atoms with van der Waals surface area (Å²) in [6.07, 6.45) is 3.67. The fraction of sp³-hybridized carbons (Fsp3) is 0.385. The third-order valence-corrected chi connectivity index (χ3v) is 2.44. The van der Waals surface area contributed by atoms with Crippen LogP contribution < -0.4 is 0 Å². The number of phenolic OH excluding ortho intramolecular Hbond substituents is 1. The van der Waals surface area contributed by atoms with Crippen LogP contribution in [0.3, 0.4) is 0 Å². The van der Waals surface area contributed by atoms with Gasteiger partial charge in [0.2, 0.25) is 0 Å². The van der Waals surface area contributed by atoms with Gasteiger partial charge in [-0.25, -0.2) is 0 Å². The van der Waals surface area contributed by atoms with Gasteiger partial charge in [-0.3, -0.25) is 0 Å². The summed E-state index contributed by atoms with van der Waals surface area (Å²) >= 11 is 5.57. The second kappa shape index (κ2) is 4.71. The molecule has 1 aromatic rings. The molecule has 1 nitrogen and oxygen atoms in total. The molecule has 0 saturated heterocycles. The lowest BCUT2D eigenvalue weighted by Crippen LogP contribution is -2.11. The van der Waals surface area contributed by atoms with Crippen molar-refractivity contribution in [1.82, 2.24) is 0 Å². The molecule has 0 heterocycles. The van der Waals surface area contributed by atoms with Crippen molar-refractivity contribution in [3.63, 3.8) is 0 Å². The highest BCUT2D eigenvalue weighted by atomic mass is 35.5. The maximum Gasteiger partial charge on any atom is 0.126 e. The Bertz CT molecular complexity index is 361. The van der Waals surface area contributed by atoms with Crippen LogP contribution in [0.1, 0.15) is 31.9 Å². The van der Waals surface area contributed by atoms with E-state index in [1.807, 2.05) is 30.4 Å². The molecule has 2 heteroatoms. The minimum absolute atomic E-state index is 0.0467. The standard InChI is InChI=1S/C13H17ClO/c1-13(2,3)11-8-4-6-10(12(11)15)7-5-9-14/h4-8,15H,9H2,1-3H3. The fourth-order valence-corrected chi connectivity index (χ4v) is 1.56. The molecular weight excluding hydrogens is 208 g/mol. The number of alkyl halides is 1. The van der Waals surface area contributed by atoms with E-state index >= 15 is 0 Å². The lowest BCUT2D eigenvalue weighted by atomic mass is 9.85. The van der Waals surface area contributed by atoms with Gasteiger partial charge in [-0.2, -0.15) is 0 Å². The molecular formula is C13H17ClO. The van der Waals surface area contributed by atoms with E-state index in [1.165, 1.54) is 0 Å². The van der Waals surface area contributed by atoms with Crippen LogP contribution in [0.4, 0.5) is 0 Å². The van der Waals surface area contributed by atoms with Crippen molar-refractivity contribution in [3.05, 3.63) is 35.4 Å². The number of allylic oxidation sites excluding steroid dienone is 1. The highest BCUT2D eigenvalue weighted by Crippen LogP contribution is 2.33. The van der Waals surface area contributed by atoms with Crippen LogP contribution in [0.2, 0.25) is 0 Å². The van der Waals surface area contributed by atoms with Crippen molar-refractivity contribution in [1.29, 1.82) is 0 Å². The van der Waals surface area contributed by atoms with Gasteiger partial charge < -0.3 is 5.11 Å². The predicted octanol–water partition coefficient (Wildman–Crippen LogP) is 3.94. The van der Waals surface area contributed by atoms with Gasteiger partial charge >= 0.3 is 0 Å². The number of phenols is 1. The minimum Gasteiger partial charge on any atom is -0.507 e. The second-order valence-electron chi connectivity index (χ2n) is 4.55. The van der Waals surface area contributed by atoms with E-state index in [0.717, 1.165) is 11.1 Å². The summed E-state index contributed by atoms with van der Waals surface area (Å²) in [5.74, 6) is 0.811. The number of para-hydroxylation sites is 1. The third-order valence-electron chi connectivity index (χ3n) is 2.26. The molecule has 0 spiro atoms. The van der Waals surface area contributed by atoms with E-state index in [0.29, 0.717) is 11.6 Å². The second-order valence-corrected chi connectivity index (χ2v) is 4.86. The maximum absolute atomic E-state index is 10.1. The number of aromatic hydroxyl groups is 1. The molecule has 15 heavy (non-hydrogen) atoms. The smallest absolute Gasteiger partial charge is 0.126 e. The Labute approximate surface area is 96.4 Å². The Morgan fingerprint density at radius 1 is 1.33 bits per heavy atom. The molecule has 0 unspecified atom stereocenters. The van der Waals surface area contributed by atoms with Gasteiger partial charge in [-0.1, -0.05) is 51.1 Å². The predicted molar refractivity (Wildman–Crippen MR) is 66.6 cm³/mol. The summed E-state index contributed by atoms with van der Waals surface area (Å²) in [6.45, 7) is 6.24. The molecule has 82 valence electrons. The molecule has 1 rings (SSSR count). The molecule has 0 aromatic heterocycles. The highest BCUT2D eigenvalue weighted by Gasteiger charge is 2.18. The number of rotatable bonds is 2. The topological polar surface area (TPSA) is 20.2 Å². The van der Waals surface area contributed by atoms with Gasteiger partial charge in [0.15, 0.2) is 0 Å². The summed E-state index contributed by atoms with van der Waals surface area (Å²) < 4.78 is 0. The van der Waals surface area contributed by atoms with Crippen molar-refractivity contribution in [2.45, 2.75) is 26.2 Å². The number of benzene rings is 1. The van der Waals surface area contributed by atoms with Gasteiger partial charge in [-0.05, 0) is 11.0 Å². The molecule has 0 amide bonds. The zero-order valence-electron chi connectivity index (χ0n) is 9.42. The number of hydrogen-bond acceptors (Lipinski definition) is 1. The summed E-state index contributed by atoms with van der Waals surface area (Å²) in [5.41, 5.74) is 1.73. The minimum atomic E-state index is -0.0467. The zero-order valence-corrected chi connectivity index (χ0v) is 10.2. The van der Waals surface area contributed by atoms with Crippen LogP contribution in [-0.2, 0) is 5.41 Å². The zero-order chi connectivity index (χ0) is 11.5. The van der Waals surface area contributed by atoms with E-state index in [2.05, 4.69) is 20.8 Å². The Morgan fingerprint density at radius 2 is 2.00 bits per heavy atom. The molecule has 0 aliphatic heterocycles. The van der Waals surface area contributed by atoms with E-state index in [4.69, 9.17) is 11.6 Å². The van der Waals surface area contributed by atoms with Gasteiger partial charge in [0.25, 0.3) is 0 Å². The normalized spacial score (nSPS) is 12.3. The number of halogens is 1. The monoisotopic (exact) mass is 224 g/mol. The van der Waals surface area contributed by atoms with Crippen LogP contribution in [0, 0.1) is 0 Å². The summed E-state index contributed by atoms with van der Waals surface area (Å²) in [7, 11) is 0. The van der Waals surface area contributed by atoms with E-state index in [-0.39, 0.29) is 5.41 Å². The van der Waals surface area contributed by atoms with E-state index < -0.39 is 0 Å². The molecule has 0 aliphatic rings. The molecule has 0 atom stereocenters. The van der Waals surface area contributed by atoms with Crippen LogP contribution in [0.15, 0.2) is 24.3 Å². The molecule has 1 N–H and O–H groups in total. The SMILES string of the molecule is CC(C)(C)c1cccc(C=CCCl)c1O. The Hall–Kier alpha value is -0.950. The van der Waals surface area contributed by atoms with E-state index in [1.54, 1.807) is 0 Å².